The summed E-state index contributed by atoms with van der Waals surface area (Å²) in [4.78, 5) is 31.4. The van der Waals surface area contributed by atoms with Crippen molar-refractivity contribution in [3.05, 3.63) is 46.4 Å². The van der Waals surface area contributed by atoms with Crippen LogP contribution in [0.15, 0.2) is 35.3 Å². The van der Waals surface area contributed by atoms with Crippen LogP contribution in [0.2, 0.25) is 0 Å². The smallest absolute Gasteiger partial charge is 0.275 e. The van der Waals surface area contributed by atoms with Crippen molar-refractivity contribution in [2.75, 3.05) is 46.3 Å². The maximum Gasteiger partial charge on any atom is 0.275 e. The Hall–Kier alpha value is -2.64. The quantitative estimate of drug-likeness (QED) is 0.577. The average molecular weight is 438 g/mol. The summed E-state index contributed by atoms with van der Waals surface area (Å²) in [5, 5.41) is 4.81. The Morgan fingerprint density at radius 2 is 1.81 bits per heavy atom. The fourth-order valence-corrected chi connectivity index (χ4v) is 4.70. The molecule has 7 nitrogen and oxygen atoms in total. The molecule has 1 amide bonds. The Labute approximate surface area is 189 Å². The fourth-order valence-electron chi connectivity index (χ4n) is 4.70. The van der Waals surface area contributed by atoms with E-state index in [-0.39, 0.29) is 11.5 Å². The number of nitrogens with one attached hydrogen (secondary N) is 1. The summed E-state index contributed by atoms with van der Waals surface area (Å²) in [6, 6.07) is 7.92. The number of aryl methyl sites for hydroxylation is 1. The molecule has 7 heteroatoms. The van der Waals surface area contributed by atoms with Crippen LogP contribution in [0.4, 0.5) is 0 Å². The van der Waals surface area contributed by atoms with Crippen molar-refractivity contribution >= 4 is 27.7 Å². The number of carbonyl (C=O) groups is 1. The molecule has 0 saturated carbocycles. The van der Waals surface area contributed by atoms with Gasteiger partial charge in [0.05, 0.1) is 5.56 Å². The average Bonchev–Trinajstić information content (AvgIpc) is 3.07. The van der Waals surface area contributed by atoms with Crippen LogP contribution in [-0.2, 0) is 13.6 Å². The largest absolute Gasteiger partial charge is 0.352 e. The lowest BCUT2D eigenvalue weighted by Crippen LogP contribution is -2.45. The van der Waals surface area contributed by atoms with Crippen LogP contribution in [0, 0.1) is 5.92 Å². The number of likely N-dealkylation sites (N-methyl/N-ethyl adjacent to an activating group) is 1. The number of amides is 1. The van der Waals surface area contributed by atoms with Gasteiger partial charge in [0.15, 0.2) is 0 Å². The van der Waals surface area contributed by atoms with Gasteiger partial charge >= 0.3 is 0 Å². The van der Waals surface area contributed by atoms with Crippen LogP contribution in [0.3, 0.4) is 0 Å². The van der Waals surface area contributed by atoms with Crippen molar-refractivity contribution in [1.82, 2.24) is 24.3 Å². The first-order valence-corrected chi connectivity index (χ1v) is 11.7. The number of piperazine rings is 1. The number of fused-ring (bicyclic) bond motifs is 3. The van der Waals surface area contributed by atoms with E-state index in [2.05, 4.69) is 36.0 Å². The Bertz CT molecular complexity index is 1170. The SMILES string of the molecule is CC(C)Cn1cc(C(=O)NCCCN2CCN(C)CC2)c2c3ccccc3n(C)c2c1=O. The summed E-state index contributed by atoms with van der Waals surface area (Å²) in [6.07, 6.45) is 2.67. The van der Waals surface area contributed by atoms with E-state index in [1.807, 2.05) is 35.9 Å². The number of para-hydroxylation sites is 1. The Morgan fingerprint density at radius 3 is 2.53 bits per heavy atom. The first-order chi connectivity index (χ1) is 15.4. The summed E-state index contributed by atoms with van der Waals surface area (Å²) in [5.41, 5.74) is 2.10. The number of pyridine rings is 1. The normalized spacial score (nSPS) is 15.8. The minimum Gasteiger partial charge on any atom is -0.352 e. The van der Waals surface area contributed by atoms with E-state index in [0.717, 1.165) is 55.4 Å². The molecule has 3 aromatic rings. The predicted octanol–water partition coefficient (Wildman–Crippen LogP) is 2.52. The van der Waals surface area contributed by atoms with E-state index in [1.165, 1.54) is 0 Å². The van der Waals surface area contributed by atoms with Gasteiger partial charge < -0.3 is 24.3 Å². The molecule has 172 valence electrons. The number of hydrogen-bond acceptors (Lipinski definition) is 4. The molecule has 0 unspecified atom stereocenters. The third kappa shape index (κ3) is 4.45. The van der Waals surface area contributed by atoms with Crippen molar-refractivity contribution in [2.45, 2.75) is 26.8 Å². The molecule has 1 fully saturated rings. The molecule has 0 aliphatic carbocycles. The maximum absolute atomic E-state index is 13.3. The molecule has 1 N–H and O–H groups in total. The summed E-state index contributed by atoms with van der Waals surface area (Å²) in [6.45, 7) is 10.7. The molecule has 32 heavy (non-hydrogen) atoms. The third-order valence-electron chi connectivity index (χ3n) is 6.46. The van der Waals surface area contributed by atoms with Crippen LogP contribution < -0.4 is 10.9 Å². The van der Waals surface area contributed by atoms with Crippen molar-refractivity contribution in [1.29, 1.82) is 0 Å². The van der Waals surface area contributed by atoms with Gasteiger partial charge in [-0.15, -0.1) is 0 Å². The van der Waals surface area contributed by atoms with E-state index in [9.17, 15) is 9.59 Å². The molecule has 1 aromatic carbocycles. The van der Waals surface area contributed by atoms with Gasteiger partial charge in [-0.3, -0.25) is 9.59 Å². The minimum atomic E-state index is -0.109. The first-order valence-electron chi connectivity index (χ1n) is 11.7. The first kappa shape index (κ1) is 22.6. The Kier molecular flexibility index (Phi) is 6.67. The van der Waals surface area contributed by atoms with Gasteiger partial charge in [0.1, 0.15) is 5.52 Å². The zero-order valence-electron chi connectivity index (χ0n) is 19.7. The number of nitrogens with zero attached hydrogens (tertiary/aromatic N) is 4. The maximum atomic E-state index is 13.3. The zero-order chi connectivity index (χ0) is 22.8. The molecule has 0 atom stereocenters. The molecule has 0 bridgehead atoms. The number of benzene rings is 1. The highest BCUT2D eigenvalue weighted by Crippen LogP contribution is 2.29. The highest BCUT2D eigenvalue weighted by molar-refractivity contribution is 6.17. The van der Waals surface area contributed by atoms with E-state index in [1.54, 1.807) is 10.8 Å². The number of rotatable bonds is 7. The number of aromatic nitrogens is 2. The molecular formula is C25H35N5O2. The van der Waals surface area contributed by atoms with E-state index in [4.69, 9.17) is 0 Å². The van der Waals surface area contributed by atoms with Gasteiger partial charge in [-0.05, 0) is 32.0 Å². The summed E-state index contributed by atoms with van der Waals surface area (Å²) >= 11 is 0. The lowest BCUT2D eigenvalue weighted by Gasteiger charge is -2.32. The molecule has 1 aliphatic heterocycles. The van der Waals surface area contributed by atoms with Gasteiger partial charge in [-0.25, -0.2) is 0 Å². The van der Waals surface area contributed by atoms with Crippen molar-refractivity contribution in [3.8, 4) is 0 Å². The van der Waals surface area contributed by atoms with Crippen LogP contribution in [-0.4, -0.2) is 71.2 Å². The van der Waals surface area contributed by atoms with E-state index in [0.29, 0.717) is 30.1 Å². The van der Waals surface area contributed by atoms with E-state index < -0.39 is 0 Å². The molecule has 4 rings (SSSR count). The molecule has 3 heterocycles. The van der Waals surface area contributed by atoms with Gasteiger partial charge in [-0.1, -0.05) is 32.0 Å². The molecule has 0 spiro atoms. The highest BCUT2D eigenvalue weighted by atomic mass is 16.2. The van der Waals surface area contributed by atoms with Crippen molar-refractivity contribution in [3.63, 3.8) is 0 Å². The van der Waals surface area contributed by atoms with Crippen molar-refractivity contribution in [2.24, 2.45) is 13.0 Å². The fraction of sp³-hybridized carbons (Fsp3) is 0.520. The van der Waals surface area contributed by atoms with Crippen LogP contribution in [0.5, 0.6) is 0 Å². The van der Waals surface area contributed by atoms with Gasteiger partial charge in [0, 0.05) is 68.8 Å². The Balaban J connectivity index is 1.60. The van der Waals surface area contributed by atoms with Gasteiger partial charge in [0.2, 0.25) is 0 Å². The van der Waals surface area contributed by atoms with Crippen LogP contribution >= 0.6 is 0 Å². The Morgan fingerprint density at radius 1 is 1.09 bits per heavy atom. The van der Waals surface area contributed by atoms with Crippen molar-refractivity contribution < 1.29 is 4.79 Å². The second-order valence-corrected chi connectivity index (χ2v) is 9.45. The molecule has 2 aromatic heterocycles. The third-order valence-corrected chi connectivity index (χ3v) is 6.46. The molecule has 0 radical (unpaired) electrons. The molecular weight excluding hydrogens is 402 g/mol. The summed E-state index contributed by atoms with van der Waals surface area (Å²) < 4.78 is 3.62. The lowest BCUT2D eigenvalue weighted by molar-refractivity contribution is 0.0950. The topological polar surface area (TPSA) is 62.5 Å². The summed E-state index contributed by atoms with van der Waals surface area (Å²) in [7, 11) is 4.06. The molecule has 1 saturated heterocycles. The molecule has 1 aliphatic rings. The second kappa shape index (κ2) is 9.46. The number of carbonyl (C=O) groups excluding carboxylic acids is 1. The summed E-state index contributed by atoms with van der Waals surface area (Å²) in [5.74, 6) is 0.196. The van der Waals surface area contributed by atoms with E-state index >= 15 is 0 Å². The van der Waals surface area contributed by atoms with Gasteiger partial charge in [0.25, 0.3) is 11.5 Å². The lowest BCUT2D eigenvalue weighted by atomic mass is 10.1. The number of hydrogen-bond donors (Lipinski definition) is 1. The van der Waals surface area contributed by atoms with Gasteiger partial charge in [-0.2, -0.15) is 0 Å². The highest BCUT2D eigenvalue weighted by Gasteiger charge is 2.21. The van der Waals surface area contributed by atoms with Crippen LogP contribution in [0.25, 0.3) is 21.8 Å². The standard InChI is InChI=1S/C25H35N5O2/c1-18(2)16-30-17-20(24(31)26-10-7-11-29-14-12-27(3)13-15-29)22-19-8-5-6-9-21(19)28(4)23(22)25(30)32/h5-6,8-9,17-18H,7,10-16H2,1-4H3,(H,26,31). The predicted molar refractivity (Wildman–Crippen MR) is 130 cm³/mol. The second-order valence-electron chi connectivity index (χ2n) is 9.45. The van der Waals surface area contributed by atoms with Crippen LogP contribution in [0.1, 0.15) is 30.6 Å². The minimum absolute atomic E-state index is 0.0426. The monoisotopic (exact) mass is 437 g/mol. The zero-order valence-corrected chi connectivity index (χ0v) is 19.7.